The van der Waals surface area contributed by atoms with Crippen LogP contribution in [0.2, 0.25) is 0 Å². The largest absolute Gasteiger partial charge is 0.494 e. The molecule has 1 aliphatic rings. The molecule has 1 aliphatic heterocycles. The normalized spacial score (nSPS) is 17.3. The third-order valence-electron chi connectivity index (χ3n) is 5.76. The second kappa shape index (κ2) is 7.48. The Kier molecular flexibility index (Phi) is 5.11. The molecular weight excluding hydrogens is 381 g/mol. The van der Waals surface area contributed by atoms with Crippen LogP contribution >= 0.6 is 0 Å². The molecule has 1 saturated heterocycles. The molecule has 0 bridgehead atoms. The van der Waals surface area contributed by atoms with E-state index in [0.29, 0.717) is 23.6 Å². The van der Waals surface area contributed by atoms with E-state index >= 15 is 0 Å². The van der Waals surface area contributed by atoms with Crippen molar-refractivity contribution in [1.82, 2.24) is 20.2 Å². The smallest absolute Gasteiger partial charge is 0.494 e. The maximum Gasteiger partial charge on any atom is 0.494 e. The van der Waals surface area contributed by atoms with E-state index in [-0.39, 0.29) is 0 Å². The van der Waals surface area contributed by atoms with Crippen LogP contribution in [0.15, 0.2) is 30.6 Å². The van der Waals surface area contributed by atoms with E-state index in [1.54, 1.807) is 7.11 Å². The lowest BCUT2D eigenvalue weighted by atomic mass is 9.78. The first-order valence-corrected chi connectivity index (χ1v) is 9.91. The van der Waals surface area contributed by atoms with Gasteiger partial charge in [-0.3, -0.25) is 0 Å². The van der Waals surface area contributed by atoms with Crippen LogP contribution in [-0.4, -0.2) is 45.6 Å². The van der Waals surface area contributed by atoms with Gasteiger partial charge < -0.3 is 19.4 Å². The van der Waals surface area contributed by atoms with E-state index in [1.165, 1.54) is 6.33 Å². The summed E-state index contributed by atoms with van der Waals surface area (Å²) in [5, 5.41) is 12.5. The van der Waals surface area contributed by atoms with E-state index < -0.39 is 18.3 Å². The van der Waals surface area contributed by atoms with Gasteiger partial charge in [0.25, 0.3) is 0 Å². The lowest BCUT2D eigenvalue weighted by molar-refractivity contribution is 0.00578. The maximum atomic E-state index is 6.22. The fourth-order valence-electron chi connectivity index (χ4n) is 3.26. The minimum absolute atomic E-state index is 0.432. The average Bonchev–Trinajstić information content (AvgIpc) is 2.94. The van der Waals surface area contributed by atoms with Crippen molar-refractivity contribution in [3.8, 4) is 5.75 Å². The molecule has 8 nitrogen and oxygen atoms in total. The minimum atomic E-state index is -0.510. The van der Waals surface area contributed by atoms with Crippen molar-refractivity contribution in [1.29, 1.82) is 0 Å². The summed E-state index contributed by atoms with van der Waals surface area (Å²) in [7, 11) is 1.12. The molecule has 2 aromatic heterocycles. The zero-order valence-corrected chi connectivity index (χ0v) is 18.2. The summed E-state index contributed by atoms with van der Waals surface area (Å²) in [5.41, 5.74) is 2.40. The van der Waals surface area contributed by atoms with Gasteiger partial charge in [-0.2, -0.15) is 10.2 Å². The second-order valence-electron chi connectivity index (χ2n) is 8.45. The van der Waals surface area contributed by atoms with Crippen LogP contribution in [0.25, 0.3) is 10.9 Å². The van der Waals surface area contributed by atoms with Crippen LogP contribution in [0.5, 0.6) is 5.75 Å². The number of benzene rings is 1. The molecule has 156 valence electrons. The van der Waals surface area contributed by atoms with E-state index in [1.807, 2.05) is 58.9 Å². The molecule has 4 rings (SSSR count). The standard InChI is InChI=1S/C21H26BN5O3/c1-13-7-8-15(27-26-13)11-23-19-16-9-14(10-17(28-6)18(16)24-12-25-19)22-29-20(2,3)21(4,5)30-22/h7-10,12H,11H2,1-6H3,(H,23,24,25). The van der Waals surface area contributed by atoms with Crippen molar-refractivity contribution in [2.45, 2.75) is 52.4 Å². The minimum Gasteiger partial charge on any atom is -0.494 e. The number of nitrogens with zero attached hydrogens (tertiary/aromatic N) is 4. The number of aryl methyl sites for hydroxylation is 1. The van der Waals surface area contributed by atoms with Crippen LogP contribution < -0.4 is 15.5 Å². The number of rotatable bonds is 5. The number of methoxy groups -OCH3 is 1. The van der Waals surface area contributed by atoms with E-state index in [9.17, 15) is 0 Å². The lowest BCUT2D eigenvalue weighted by Crippen LogP contribution is -2.41. The number of hydrogen-bond acceptors (Lipinski definition) is 8. The quantitative estimate of drug-likeness (QED) is 0.646. The molecule has 1 aromatic carbocycles. The van der Waals surface area contributed by atoms with E-state index in [0.717, 1.165) is 22.2 Å². The summed E-state index contributed by atoms with van der Waals surface area (Å²) in [6, 6.07) is 7.77. The Morgan fingerprint density at radius 3 is 2.40 bits per heavy atom. The van der Waals surface area contributed by atoms with Crippen LogP contribution in [0.3, 0.4) is 0 Å². The van der Waals surface area contributed by atoms with Crippen molar-refractivity contribution in [2.24, 2.45) is 0 Å². The topological polar surface area (TPSA) is 91.3 Å². The average molecular weight is 407 g/mol. The molecule has 0 radical (unpaired) electrons. The fourth-order valence-corrected chi connectivity index (χ4v) is 3.26. The monoisotopic (exact) mass is 407 g/mol. The Morgan fingerprint density at radius 1 is 1.03 bits per heavy atom. The molecule has 0 aliphatic carbocycles. The zero-order chi connectivity index (χ0) is 21.5. The summed E-state index contributed by atoms with van der Waals surface area (Å²) in [6.07, 6.45) is 1.52. The van der Waals surface area contributed by atoms with Crippen LogP contribution in [0.4, 0.5) is 5.82 Å². The van der Waals surface area contributed by atoms with Gasteiger partial charge in [-0.1, -0.05) is 0 Å². The SMILES string of the molecule is COc1cc(B2OC(C)(C)C(C)(C)O2)cc2c(NCc3ccc(C)nn3)ncnc12. The molecule has 0 unspecified atom stereocenters. The van der Waals surface area contributed by atoms with Crippen molar-refractivity contribution < 1.29 is 14.0 Å². The Balaban J connectivity index is 1.70. The Hall–Kier alpha value is -2.78. The molecular formula is C21H26BN5O3. The highest BCUT2D eigenvalue weighted by Gasteiger charge is 2.51. The molecule has 1 N–H and O–H groups in total. The summed E-state index contributed by atoms with van der Waals surface area (Å²) in [5.74, 6) is 1.32. The third-order valence-corrected chi connectivity index (χ3v) is 5.76. The van der Waals surface area contributed by atoms with Crippen LogP contribution in [-0.2, 0) is 15.9 Å². The zero-order valence-electron chi connectivity index (χ0n) is 18.2. The first-order valence-electron chi connectivity index (χ1n) is 9.91. The van der Waals surface area contributed by atoms with Crippen molar-refractivity contribution >= 4 is 29.3 Å². The fraction of sp³-hybridized carbons (Fsp3) is 0.429. The summed E-state index contributed by atoms with van der Waals surface area (Å²) in [6.45, 7) is 10.5. The van der Waals surface area contributed by atoms with Gasteiger partial charge >= 0.3 is 7.12 Å². The highest BCUT2D eigenvalue weighted by Crippen LogP contribution is 2.37. The molecule has 3 aromatic rings. The van der Waals surface area contributed by atoms with Crippen LogP contribution in [0.1, 0.15) is 39.1 Å². The van der Waals surface area contributed by atoms with Gasteiger partial charge in [0, 0.05) is 5.39 Å². The maximum absolute atomic E-state index is 6.22. The molecule has 0 atom stereocenters. The van der Waals surface area contributed by atoms with Gasteiger partial charge in [-0.25, -0.2) is 9.97 Å². The summed E-state index contributed by atoms with van der Waals surface area (Å²) in [4.78, 5) is 8.85. The van der Waals surface area contributed by atoms with Gasteiger partial charge in [0.05, 0.1) is 36.2 Å². The predicted molar refractivity (Wildman–Crippen MR) is 116 cm³/mol. The molecule has 0 saturated carbocycles. The van der Waals surface area contributed by atoms with Crippen molar-refractivity contribution in [3.05, 3.63) is 42.0 Å². The number of aromatic nitrogens is 4. The molecule has 9 heteroatoms. The second-order valence-corrected chi connectivity index (χ2v) is 8.45. The van der Waals surface area contributed by atoms with Gasteiger partial charge in [0.2, 0.25) is 0 Å². The predicted octanol–water partition coefficient (Wildman–Crippen LogP) is 2.65. The lowest BCUT2D eigenvalue weighted by Gasteiger charge is -2.32. The molecule has 3 heterocycles. The third kappa shape index (κ3) is 3.70. The van der Waals surface area contributed by atoms with Gasteiger partial charge in [-0.05, 0) is 64.3 Å². The molecule has 0 spiro atoms. The van der Waals surface area contributed by atoms with Gasteiger partial charge in [-0.15, -0.1) is 0 Å². The summed E-state index contributed by atoms with van der Waals surface area (Å²) < 4.78 is 18.1. The highest BCUT2D eigenvalue weighted by molar-refractivity contribution is 6.62. The Morgan fingerprint density at radius 2 is 1.77 bits per heavy atom. The summed E-state index contributed by atoms with van der Waals surface area (Å²) >= 11 is 0. The molecule has 0 amide bonds. The Bertz CT molecular complexity index is 1060. The molecule has 30 heavy (non-hydrogen) atoms. The van der Waals surface area contributed by atoms with E-state index in [4.69, 9.17) is 14.0 Å². The number of nitrogens with one attached hydrogen (secondary N) is 1. The number of ether oxygens (including phenoxy) is 1. The van der Waals surface area contributed by atoms with Crippen molar-refractivity contribution in [3.63, 3.8) is 0 Å². The number of fused-ring (bicyclic) bond motifs is 1. The Labute approximate surface area is 176 Å². The highest BCUT2D eigenvalue weighted by atomic mass is 16.7. The first-order chi connectivity index (χ1) is 14.2. The number of hydrogen-bond donors (Lipinski definition) is 1. The number of anilines is 1. The van der Waals surface area contributed by atoms with Crippen molar-refractivity contribution in [2.75, 3.05) is 12.4 Å². The van der Waals surface area contributed by atoms with Gasteiger partial charge in [0.1, 0.15) is 23.4 Å². The van der Waals surface area contributed by atoms with E-state index in [2.05, 4.69) is 25.5 Å². The molecule has 1 fully saturated rings. The first kappa shape index (κ1) is 20.5. The van der Waals surface area contributed by atoms with Crippen LogP contribution in [0, 0.1) is 6.92 Å². The van der Waals surface area contributed by atoms with Gasteiger partial charge in [0.15, 0.2) is 0 Å².